The van der Waals surface area contributed by atoms with Gasteiger partial charge in [0.05, 0.1) is 5.69 Å². The molecule has 1 heterocycles. The standard InChI is InChI=1S/C12H17N3O2S/c1-18-11-13-8-5-9-14(11)15(12(16)17)10-6-3-2-4-7-10/h2-4,6-7,11,13H,5,8-9H2,1H3,(H,16,17). The molecule has 1 aliphatic rings. The number of hydrogen-bond acceptors (Lipinski definition) is 4. The first-order chi connectivity index (χ1) is 8.74. The van der Waals surface area contributed by atoms with Crippen LogP contribution in [-0.2, 0) is 0 Å². The van der Waals surface area contributed by atoms with Crippen LogP contribution in [0.1, 0.15) is 6.42 Å². The number of benzene rings is 1. The van der Waals surface area contributed by atoms with Crippen molar-refractivity contribution in [3.63, 3.8) is 0 Å². The number of rotatable bonds is 3. The number of thioether (sulfide) groups is 1. The molecule has 1 aromatic carbocycles. The summed E-state index contributed by atoms with van der Waals surface area (Å²) in [6.07, 6.45) is 1.96. The molecule has 0 aliphatic carbocycles. The van der Waals surface area contributed by atoms with Crippen LogP contribution < -0.4 is 10.3 Å². The fourth-order valence-electron chi connectivity index (χ4n) is 2.04. The van der Waals surface area contributed by atoms with Gasteiger partial charge in [0.2, 0.25) is 0 Å². The zero-order valence-corrected chi connectivity index (χ0v) is 11.1. The van der Waals surface area contributed by atoms with E-state index in [1.54, 1.807) is 23.9 Å². The Bertz CT molecular complexity index is 402. The minimum absolute atomic E-state index is 0.00458. The van der Waals surface area contributed by atoms with Gasteiger partial charge in [-0.1, -0.05) is 18.2 Å². The van der Waals surface area contributed by atoms with E-state index in [4.69, 9.17) is 0 Å². The maximum absolute atomic E-state index is 11.5. The molecule has 1 aliphatic heterocycles. The molecule has 0 bridgehead atoms. The summed E-state index contributed by atoms with van der Waals surface area (Å²) in [5, 5.41) is 15.9. The summed E-state index contributed by atoms with van der Waals surface area (Å²) < 4.78 is 0. The SMILES string of the molecule is CSC1NCCCN1N(C(=O)O)c1ccccc1. The van der Waals surface area contributed by atoms with E-state index >= 15 is 0 Å². The number of nitrogens with zero attached hydrogens (tertiary/aromatic N) is 2. The number of hydrazine groups is 1. The summed E-state index contributed by atoms with van der Waals surface area (Å²) in [4.78, 5) is 11.5. The lowest BCUT2D eigenvalue weighted by Gasteiger charge is -2.41. The highest BCUT2D eigenvalue weighted by Gasteiger charge is 2.30. The van der Waals surface area contributed by atoms with E-state index in [1.165, 1.54) is 5.01 Å². The van der Waals surface area contributed by atoms with Crippen LogP contribution in [0.2, 0.25) is 0 Å². The van der Waals surface area contributed by atoms with Crippen molar-refractivity contribution in [3.8, 4) is 0 Å². The molecular formula is C12H17N3O2S. The highest BCUT2D eigenvalue weighted by atomic mass is 32.2. The molecule has 1 aromatic rings. The predicted octanol–water partition coefficient (Wildman–Crippen LogP) is 2.03. The van der Waals surface area contributed by atoms with Crippen LogP contribution in [0.5, 0.6) is 0 Å². The predicted molar refractivity (Wildman–Crippen MR) is 73.6 cm³/mol. The zero-order chi connectivity index (χ0) is 13.0. The van der Waals surface area contributed by atoms with Gasteiger partial charge in [0.15, 0.2) is 0 Å². The monoisotopic (exact) mass is 267 g/mol. The van der Waals surface area contributed by atoms with Crippen molar-refractivity contribution in [2.75, 3.05) is 24.4 Å². The number of hydrogen-bond donors (Lipinski definition) is 2. The van der Waals surface area contributed by atoms with E-state index in [0.29, 0.717) is 5.69 Å². The second-order valence-corrected chi connectivity index (χ2v) is 4.91. The van der Waals surface area contributed by atoms with Crippen molar-refractivity contribution in [1.82, 2.24) is 10.3 Å². The van der Waals surface area contributed by atoms with Gasteiger partial charge in [-0.15, -0.1) is 11.8 Å². The topological polar surface area (TPSA) is 55.8 Å². The lowest BCUT2D eigenvalue weighted by atomic mass is 10.3. The van der Waals surface area contributed by atoms with Crippen molar-refractivity contribution in [2.45, 2.75) is 11.9 Å². The molecule has 5 nitrogen and oxygen atoms in total. The highest BCUT2D eigenvalue weighted by Crippen LogP contribution is 2.23. The van der Waals surface area contributed by atoms with Crippen LogP contribution in [0, 0.1) is 0 Å². The average Bonchev–Trinajstić information content (AvgIpc) is 2.40. The Labute approximate surface area is 111 Å². The summed E-state index contributed by atoms with van der Waals surface area (Å²) in [7, 11) is 0. The molecule has 0 radical (unpaired) electrons. The van der Waals surface area contributed by atoms with Gasteiger partial charge in [-0.25, -0.2) is 9.80 Å². The molecule has 2 N–H and O–H groups in total. The molecule has 18 heavy (non-hydrogen) atoms. The average molecular weight is 267 g/mol. The van der Waals surface area contributed by atoms with Crippen LogP contribution in [0.3, 0.4) is 0 Å². The Hall–Kier alpha value is -1.24. The van der Waals surface area contributed by atoms with E-state index in [9.17, 15) is 9.90 Å². The number of para-hydroxylation sites is 1. The maximum Gasteiger partial charge on any atom is 0.426 e. The fourth-order valence-corrected chi connectivity index (χ4v) is 2.76. The number of amides is 1. The van der Waals surface area contributed by atoms with Gasteiger partial charge in [-0.2, -0.15) is 5.01 Å². The Morgan fingerprint density at radius 2 is 2.22 bits per heavy atom. The molecule has 98 valence electrons. The molecular weight excluding hydrogens is 250 g/mol. The minimum Gasteiger partial charge on any atom is -0.464 e. The maximum atomic E-state index is 11.5. The number of anilines is 1. The van der Waals surface area contributed by atoms with Crippen LogP contribution >= 0.6 is 11.8 Å². The second kappa shape index (κ2) is 6.08. The molecule has 0 spiro atoms. The summed E-state index contributed by atoms with van der Waals surface area (Å²) in [6, 6.07) is 9.18. The van der Waals surface area contributed by atoms with Gasteiger partial charge >= 0.3 is 6.09 Å². The quantitative estimate of drug-likeness (QED) is 0.877. The summed E-state index contributed by atoms with van der Waals surface area (Å²) in [5.41, 5.74) is 0.669. The van der Waals surface area contributed by atoms with E-state index in [-0.39, 0.29) is 5.50 Å². The Balaban J connectivity index is 2.27. The van der Waals surface area contributed by atoms with E-state index in [0.717, 1.165) is 19.5 Å². The van der Waals surface area contributed by atoms with Crippen LogP contribution in [0.25, 0.3) is 0 Å². The number of nitrogens with one attached hydrogen (secondary N) is 1. The van der Waals surface area contributed by atoms with Crippen LogP contribution in [-0.4, -0.2) is 41.1 Å². The second-order valence-electron chi connectivity index (χ2n) is 3.99. The molecule has 1 saturated heterocycles. The van der Waals surface area contributed by atoms with Gasteiger partial charge < -0.3 is 5.11 Å². The fraction of sp³-hybridized carbons (Fsp3) is 0.417. The lowest BCUT2D eigenvalue weighted by Crippen LogP contribution is -2.58. The molecule has 0 saturated carbocycles. The number of carbonyl (C=O) groups is 1. The highest BCUT2D eigenvalue weighted by molar-refractivity contribution is 7.99. The van der Waals surface area contributed by atoms with E-state index in [1.807, 2.05) is 29.5 Å². The largest absolute Gasteiger partial charge is 0.464 e. The van der Waals surface area contributed by atoms with Crippen LogP contribution in [0.15, 0.2) is 30.3 Å². The third kappa shape index (κ3) is 2.77. The zero-order valence-electron chi connectivity index (χ0n) is 10.2. The Morgan fingerprint density at radius 3 is 2.83 bits per heavy atom. The van der Waals surface area contributed by atoms with Gasteiger partial charge in [-0.05, 0) is 31.4 Å². The third-order valence-corrected chi connectivity index (χ3v) is 3.67. The van der Waals surface area contributed by atoms with Crippen molar-refractivity contribution in [2.24, 2.45) is 0 Å². The van der Waals surface area contributed by atoms with Crippen molar-refractivity contribution in [1.29, 1.82) is 0 Å². The van der Waals surface area contributed by atoms with Crippen molar-refractivity contribution >= 4 is 23.5 Å². The lowest BCUT2D eigenvalue weighted by molar-refractivity contribution is 0.142. The molecule has 1 amide bonds. The molecule has 1 unspecified atom stereocenters. The third-order valence-electron chi connectivity index (χ3n) is 2.82. The minimum atomic E-state index is -0.955. The first-order valence-electron chi connectivity index (χ1n) is 5.85. The molecule has 0 aromatic heterocycles. The van der Waals surface area contributed by atoms with Gasteiger partial charge in [0.25, 0.3) is 0 Å². The molecule has 1 atom stereocenters. The molecule has 6 heteroatoms. The van der Waals surface area contributed by atoms with Gasteiger partial charge in [0.1, 0.15) is 5.50 Å². The van der Waals surface area contributed by atoms with Crippen molar-refractivity contribution in [3.05, 3.63) is 30.3 Å². The summed E-state index contributed by atoms with van der Waals surface area (Å²) in [5.74, 6) is 0. The van der Waals surface area contributed by atoms with Gasteiger partial charge in [-0.3, -0.25) is 5.32 Å². The number of carboxylic acid groups (broad SMARTS) is 1. The van der Waals surface area contributed by atoms with Crippen molar-refractivity contribution < 1.29 is 9.90 Å². The van der Waals surface area contributed by atoms with Crippen LogP contribution in [0.4, 0.5) is 10.5 Å². The van der Waals surface area contributed by atoms with Gasteiger partial charge in [0, 0.05) is 6.54 Å². The molecule has 1 fully saturated rings. The first kappa shape index (κ1) is 13.2. The first-order valence-corrected chi connectivity index (χ1v) is 7.13. The smallest absolute Gasteiger partial charge is 0.426 e. The Kier molecular flexibility index (Phi) is 4.46. The Morgan fingerprint density at radius 1 is 1.50 bits per heavy atom. The van der Waals surface area contributed by atoms with E-state index < -0.39 is 6.09 Å². The normalized spacial score (nSPS) is 20.6. The molecule has 2 rings (SSSR count). The summed E-state index contributed by atoms with van der Waals surface area (Å²) >= 11 is 1.60. The van der Waals surface area contributed by atoms with E-state index in [2.05, 4.69) is 5.32 Å². The summed E-state index contributed by atoms with van der Waals surface area (Å²) in [6.45, 7) is 1.66.